The smallest absolute Gasteiger partial charge is 0.387 e. The van der Waals surface area contributed by atoms with Gasteiger partial charge in [-0.2, -0.15) is 8.78 Å². The summed E-state index contributed by atoms with van der Waals surface area (Å²) >= 11 is 0. The van der Waals surface area contributed by atoms with Crippen LogP contribution in [0.15, 0.2) is 24.3 Å². The van der Waals surface area contributed by atoms with E-state index in [1.54, 1.807) is 18.2 Å². The standard InChI is InChI=1S/C18H26F2N2O2/c19-18(20)24-16-9-5-4-8-15(16)12-22(13-17(21)23)11-10-14-6-2-1-3-7-14/h4-5,8-9,14,18H,1-3,6-7,10-13H2,(H2,21,23). The van der Waals surface area contributed by atoms with Crippen molar-refractivity contribution in [1.82, 2.24) is 4.90 Å². The molecule has 0 unspecified atom stereocenters. The molecule has 0 bridgehead atoms. The average molecular weight is 340 g/mol. The van der Waals surface area contributed by atoms with Gasteiger partial charge in [0, 0.05) is 12.1 Å². The van der Waals surface area contributed by atoms with Crippen molar-refractivity contribution in [2.45, 2.75) is 51.7 Å². The summed E-state index contributed by atoms with van der Waals surface area (Å²) in [6, 6.07) is 6.69. The molecule has 1 aliphatic carbocycles. The summed E-state index contributed by atoms with van der Waals surface area (Å²) in [5.41, 5.74) is 5.98. The first-order valence-electron chi connectivity index (χ1n) is 8.58. The van der Waals surface area contributed by atoms with E-state index < -0.39 is 12.5 Å². The Morgan fingerprint density at radius 2 is 1.96 bits per heavy atom. The first-order valence-corrected chi connectivity index (χ1v) is 8.58. The van der Waals surface area contributed by atoms with E-state index in [1.165, 1.54) is 38.2 Å². The third kappa shape index (κ3) is 6.43. The van der Waals surface area contributed by atoms with E-state index in [9.17, 15) is 13.6 Å². The van der Waals surface area contributed by atoms with Gasteiger partial charge >= 0.3 is 6.61 Å². The Kier molecular flexibility index (Phi) is 7.43. The van der Waals surface area contributed by atoms with Crippen LogP contribution in [0.5, 0.6) is 5.75 Å². The number of hydrogen-bond acceptors (Lipinski definition) is 3. The van der Waals surface area contributed by atoms with E-state index in [4.69, 9.17) is 5.73 Å². The van der Waals surface area contributed by atoms with Crippen molar-refractivity contribution in [3.63, 3.8) is 0 Å². The Balaban J connectivity index is 1.98. The molecular weight excluding hydrogens is 314 g/mol. The fourth-order valence-corrected chi connectivity index (χ4v) is 3.36. The van der Waals surface area contributed by atoms with E-state index >= 15 is 0 Å². The highest BCUT2D eigenvalue weighted by Crippen LogP contribution is 2.27. The highest BCUT2D eigenvalue weighted by Gasteiger charge is 2.18. The van der Waals surface area contributed by atoms with Crippen molar-refractivity contribution in [1.29, 1.82) is 0 Å². The van der Waals surface area contributed by atoms with Gasteiger partial charge < -0.3 is 10.5 Å². The molecule has 2 N–H and O–H groups in total. The predicted octanol–water partition coefficient (Wildman–Crippen LogP) is 3.55. The number of carbonyl (C=O) groups excluding carboxylic acids is 1. The number of carbonyl (C=O) groups is 1. The highest BCUT2D eigenvalue weighted by molar-refractivity contribution is 5.75. The lowest BCUT2D eigenvalue weighted by molar-refractivity contribution is -0.119. The number of primary amides is 1. The molecule has 6 heteroatoms. The third-order valence-electron chi connectivity index (χ3n) is 4.54. The van der Waals surface area contributed by atoms with Crippen molar-refractivity contribution in [3.05, 3.63) is 29.8 Å². The topological polar surface area (TPSA) is 55.6 Å². The number of benzene rings is 1. The first-order chi connectivity index (χ1) is 11.5. The fourth-order valence-electron chi connectivity index (χ4n) is 3.36. The zero-order chi connectivity index (χ0) is 17.4. The van der Waals surface area contributed by atoms with Crippen LogP contribution in [0.2, 0.25) is 0 Å². The molecule has 1 fully saturated rings. The number of halogens is 2. The molecule has 0 spiro atoms. The molecule has 4 nitrogen and oxygen atoms in total. The molecule has 1 aromatic rings. The van der Waals surface area contributed by atoms with Gasteiger partial charge in [0.15, 0.2) is 0 Å². The number of para-hydroxylation sites is 1. The van der Waals surface area contributed by atoms with E-state index in [0.717, 1.165) is 13.0 Å². The normalized spacial score (nSPS) is 15.8. The minimum Gasteiger partial charge on any atom is -0.434 e. The molecule has 1 aromatic carbocycles. The number of hydrogen-bond donors (Lipinski definition) is 1. The number of ether oxygens (including phenoxy) is 1. The summed E-state index contributed by atoms with van der Waals surface area (Å²) in [4.78, 5) is 13.3. The van der Waals surface area contributed by atoms with E-state index in [-0.39, 0.29) is 12.3 Å². The van der Waals surface area contributed by atoms with Crippen molar-refractivity contribution >= 4 is 5.91 Å². The number of alkyl halides is 2. The summed E-state index contributed by atoms with van der Waals surface area (Å²) in [5, 5.41) is 0. The van der Waals surface area contributed by atoms with E-state index in [2.05, 4.69) is 4.74 Å². The Labute approximate surface area is 142 Å². The molecule has 0 heterocycles. The van der Waals surface area contributed by atoms with E-state index in [1.807, 2.05) is 4.90 Å². The molecule has 134 valence electrons. The van der Waals surface area contributed by atoms with Crippen LogP contribution in [-0.2, 0) is 11.3 Å². The van der Waals surface area contributed by atoms with Crippen LogP contribution in [0.1, 0.15) is 44.1 Å². The SMILES string of the molecule is NC(=O)CN(CCC1CCCCC1)Cc1ccccc1OC(F)F. The minimum absolute atomic E-state index is 0.121. The fraction of sp³-hybridized carbons (Fsp3) is 0.611. The van der Waals surface area contributed by atoms with Gasteiger partial charge in [0.1, 0.15) is 5.75 Å². The largest absolute Gasteiger partial charge is 0.434 e. The molecule has 0 radical (unpaired) electrons. The van der Waals surface area contributed by atoms with Crippen LogP contribution < -0.4 is 10.5 Å². The maximum Gasteiger partial charge on any atom is 0.387 e. The van der Waals surface area contributed by atoms with Gasteiger partial charge in [-0.3, -0.25) is 9.69 Å². The number of nitrogens with zero attached hydrogens (tertiary/aromatic N) is 1. The zero-order valence-corrected chi connectivity index (χ0v) is 13.9. The maximum atomic E-state index is 12.5. The van der Waals surface area contributed by atoms with Gasteiger partial charge in [-0.15, -0.1) is 0 Å². The van der Waals surface area contributed by atoms with Crippen LogP contribution in [0.4, 0.5) is 8.78 Å². The second kappa shape index (κ2) is 9.57. The molecule has 0 aromatic heterocycles. The summed E-state index contributed by atoms with van der Waals surface area (Å²) in [6.07, 6.45) is 7.31. The van der Waals surface area contributed by atoms with Crippen LogP contribution in [0, 0.1) is 5.92 Å². The molecular formula is C18H26F2N2O2. The van der Waals surface area contributed by atoms with E-state index in [0.29, 0.717) is 18.0 Å². The van der Waals surface area contributed by atoms with Crippen molar-refractivity contribution in [2.75, 3.05) is 13.1 Å². The number of nitrogens with two attached hydrogens (primary N) is 1. The van der Waals surface area contributed by atoms with Gasteiger partial charge in [-0.05, 0) is 24.9 Å². The van der Waals surface area contributed by atoms with Crippen molar-refractivity contribution in [3.8, 4) is 5.75 Å². The number of amides is 1. The summed E-state index contributed by atoms with van der Waals surface area (Å²) in [6.45, 7) is -1.64. The van der Waals surface area contributed by atoms with Crippen molar-refractivity contribution in [2.24, 2.45) is 11.7 Å². The maximum absolute atomic E-state index is 12.5. The predicted molar refractivity (Wildman–Crippen MR) is 88.7 cm³/mol. The van der Waals surface area contributed by atoms with Gasteiger partial charge in [-0.1, -0.05) is 50.3 Å². The molecule has 0 atom stereocenters. The lowest BCUT2D eigenvalue weighted by Crippen LogP contribution is -2.35. The Bertz CT molecular complexity index is 519. The number of rotatable bonds is 9. The first kappa shape index (κ1) is 18.6. The third-order valence-corrected chi connectivity index (χ3v) is 4.54. The quantitative estimate of drug-likeness (QED) is 0.748. The summed E-state index contributed by atoms with van der Waals surface area (Å²) in [7, 11) is 0. The van der Waals surface area contributed by atoms with Crippen LogP contribution >= 0.6 is 0 Å². The van der Waals surface area contributed by atoms with Gasteiger partial charge in [0.2, 0.25) is 5.91 Å². The average Bonchev–Trinajstić information content (AvgIpc) is 2.54. The van der Waals surface area contributed by atoms with Crippen LogP contribution in [0.25, 0.3) is 0 Å². The van der Waals surface area contributed by atoms with Crippen molar-refractivity contribution < 1.29 is 18.3 Å². The van der Waals surface area contributed by atoms with Gasteiger partial charge in [0.25, 0.3) is 0 Å². The van der Waals surface area contributed by atoms with Gasteiger partial charge in [-0.25, -0.2) is 0 Å². The zero-order valence-electron chi connectivity index (χ0n) is 13.9. The van der Waals surface area contributed by atoms with Crippen LogP contribution in [-0.4, -0.2) is 30.5 Å². The summed E-state index contributed by atoms with van der Waals surface area (Å²) < 4.78 is 29.6. The Hall–Kier alpha value is -1.69. The lowest BCUT2D eigenvalue weighted by Gasteiger charge is -2.26. The monoisotopic (exact) mass is 340 g/mol. The minimum atomic E-state index is -2.86. The second-order valence-corrected chi connectivity index (χ2v) is 6.46. The molecule has 24 heavy (non-hydrogen) atoms. The highest BCUT2D eigenvalue weighted by atomic mass is 19.3. The molecule has 1 aliphatic rings. The lowest BCUT2D eigenvalue weighted by atomic mass is 9.87. The van der Waals surface area contributed by atoms with Crippen LogP contribution in [0.3, 0.4) is 0 Å². The Morgan fingerprint density at radius 3 is 2.62 bits per heavy atom. The molecule has 2 rings (SSSR count). The molecule has 0 saturated heterocycles. The molecule has 1 saturated carbocycles. The molecule has 0 aliphatic heterocycles. The molecule has 1 amide bonds. The summed E-state index contributed by atoms with van der Waals surface area (Å²) in [5.74, 6) is 0.423. The Morgan fingerprint density at radius 1 is 1.25 bits per heavy atom. The van der Waals surface area contributed by atoms with Gasteiger partial charge in [0.05, 0.1) is 6.54 Å². The second-order valence-electron chi connectivity index (χ2n) is 6.46.